The zero-order valence-electron chi connectivity index (χ0n) is 18.8. The third-order valence-electron chi connectivity index (χ3n) is 5.63. The SMILES string of the molecule is CON=C(C(=O)OC)c1ccccc1.c1ccc2c(c1)CCC(Oc1ccc3c(c1)CO3)C2. The molecule has 6 nitrogen and oxygen atoms in total. The monoisotopic (exact) mass is 445 g/mol. The Morgan fingerprint density at radius 1 is 0.939 bits per heavy atom. The Bertz CT molecular complexity index is 1130. The first-order valence-electron chi connectivity index (χ1n) is 10.9. The van der Waals surface area contributed by atoms with Gasteiger partial charge in [0.15, 0.2) is 5.71 Å². The number of ether oxygens (including phenoxy) is 3. The van der Waals surface area contributed by atoms with Crippen LogP contribution in [0.25, 0.3) is 0 Å². The second-order valence-electron chi connectivity index (χ2n) is 7.79. The zero-order chi connectivity index (χ0) is 23.0. The lowest BCUT2D eigenvalue weighted by Crippen LogP contribution is -2.25. The Morgan fingerprint density at radius 3 is 2.36 bits per heavy atom. The summed E-state index contributed by atoms with van der Waals surface area (Å²) in [4.78, 5) is 15.8. The zero-order valence-corrected chi connectivity index (χ0v) is 18.8. The number of oxime groups is 1. The Balaban J connectivity index is 0.000000166. The van der Waals surface area contributed by atoms with Crippen LogP contribution in [0.15, 0.2) is 78.0 Å². The highest BCUT2D eigenvalue weighted by Gasteiger charge is 2.21. The lowest BCUT2D eigenvalue weighted by molar-refractivity contribution is -0.132. The van der Waals surface area contributed by atoms with E-state index >= 15 is 0 Å². The molecule has 2 aliphatic rings. The molecule has 1 aliphatic carbocycles. The van der Waals surface area contributed by atoms with Crippen LogP contribution in [0.2, 0.25) is 0 Å². The molecule has 0 radical (unpaired) electrons. The fourth-order valence-corrected chi connectivity index (χ4v) is 3.91. The van der Waals surface area contributed by atoms with Crippen LogP contribution in [0.5, 0.6) is 11.5 Å². The van der Waals surface area contributed by atoms with Crippen molar-refractivity contribution in [3.8, 4) is 11.5 Å². The molecular weight excluding hydrogens is 418 g/mol. The number of aryl methyl sites for hydroxylation is 1. The minimum absolute atomic E-state index is 0.163. The number of carbonyl (C=O) groups is 1. The molecular formula is C27H27NO5. The van der Waals surface area contributed by atoms with Crippen LogP contribution in [-0.4, -0.2) is 32.0 Å². The van der Waals surface area contributed by atoms with E-state index in [1.54, 1.807) is 12.1 Å². The normalized spacial score (nSPS) is 15.9. The molecule has 3 aromatic rings. The van der Waals surface area contributed by atoms with Gasteiger partial charge in [0, 0.05) is 17.5 Å². The molecule has 3 aromatic carbocycles. The summed E-state index contributed by atoms with van der Waals surface area (Å²) in [5, 5.41) is 3.61. The van der Waals surface area contributed by atoms with Gasteiger partial charge in [-0.25, -0.2) is 4.79 Å². The Labute approximate surface area is 193 Å². The van der Waals surface area contributed by atoms with Crippen molar-refractivity contribution in [1.82, 2.24) is 0 Å². The summed E-state index contributed by atoms with van der Waals surface area (Å²) in [6.45, 7) is 0.722. The van der Waals surface area contributed by atoms with Gasteiger partial charge >= 0.3 is 5.97 Å². The highest BCUT2D eigenvalue weighted by molar-refractivity contribution is 6.43. The Kier molecular flexibility index (Phi) is 7.25. The van der Waals surface area contributed by atoms with E-state index in [0.717, 1.165) is 37.4 Å². The van der Waals surface area contributed by atoms with E-state index in [4.69, 9.17) is 9.47 Å². The van der Waals surface area contributed by atoms with Crippen LogP contribution in [0.3, 0.4) is 0 Å². The maximum absolute atomic E-state index is 11.3. The number of hydrogen-bond donors (Lipinski definition) is 0. The topological polar surface area (TPSA) is 66.4 Å². The van der Waals surface area contributed by atoms with Gasteiger partial charge in [0.1, 0.15) is 31.3 Å². The summed E-state index contributed by atoms with van der Waals surface area (Å²) in [7, 11) is 2.68. The molecule has 1 atom stereocenters. The molecule has 0 N–H and O–H groups in total. The minimum Gasteiger partial charge on any atom is -0.490 e. The van der Waals surface area contributed by atoms with E-state index in [1.807, 2.05) is 30.3 Å². The number of fused-ring (bicyclic) bond motifs is 2. The third kappa shape index (κ3) is 5.52. The highest BCUT2D eigenvalue weighted by Crippen LogP contribution is 2.33. The second-order valence-corrected chi connectivity index (χ2v) is 7.79. The standard InChI is InChI=1S/C17H16O2.C10H11NO3/c1-2-4-13-9-15(6-5-12(13)3-1)19-16-7-8-17-14(10-16)11-18-17;1-13-10(12)9(11-14-2)8-6-4-3-5-7-8/h1-4,7-8,10,15H,5-6,9,11H2;3-7H,1-2H3. The molecule has 6 heteroatoms. The third-order valence-corrected chi connectivity index (χ3v) is 5.63. The first kappa shape index (κ1) is 22.4. The van der Waals surface area contributed by atoms with Gasteiger partial charge in [0.05, 0.1) is 7.11 Å². The Hall–Kier alpha value is -3.80. The molecule has 33 heavy (non-hydrogen) atoms. The lowest BCUT2D eigenvalue weighted by atomic mass is 9.90. The molecule has 0 fully saturated rings. The summed E-state index contributed by atoms with van der Waals surface area (Å²) < 4.78 is 16.0. The summed E-state index contributed by atoms with van der Waals surface area (Å²) in [6.07, 6.45) is 3.54. The molecule has 0 bridgehead atoms. The van der Waals surface area contributed by atoms with E-state index in [2.05, 4.69) is 45.1 Å². The van der Waals surface area contributed by atoms with Crippen molar-refractivity contribution in [3.05, 3.63) is 95.1 Å². The molecule has 0 amide bonds. The van der Waals surface area contributed by atoms with Crippen molar-refractivity contribution in [2.24, 2.45) is 5.16 Å². The van der Waals surface area contributed by atoms with Gasteiger partial charge in [-0.3, -0.25) is 0 Å². The van der Waals surface area contributed by atoms with Crippen molar-refractivity contribution in [3.63, 3.8) is 0 Å². The van der Waals surface area contributed by atoms with Gasteiger partial charge in [-0.1, -0.05) is 59.8 Å². The fourth-order valence-electron chi connectivity index (χ4n) is 3.91. The Morgan fingerprint density at radius 2 is 1.70 bits per heavy atom. The smallest absolute Gasteiger partial charge is 0.360 e. The number of nitrogens with zero attached hydrogens (tertiary/aromatic N) is 1. The predicted octanol–water partition coefficient (Wildman–Crippen LogP) is 4.73. The largest absolute Gasteiger partial charge is 0.490 e. The summed E-state index contributed by atoms with van der Waals surface area (Å²) >= 11 is 0. The molecule has 5 rings (SSSR count). The summed E-state index contributed by atoms with van der Waals surface area (Å²) in [6, 6.07) is 23.8. The van der Waals surface area contributed by atoms with Gasteiger partial charge in [0.2, 0.25) is 0 Å². The van der Waals surface area contributed by atoms with Crippen molar-refractivity contribution >= 4 is 11.7 Å². The van der Waals surface area contributed by atoms with Crippen molar-refractivity contribution in [1.29, 1.82) is 0 Å². The van der Waals surface area contributed by atoms with E-state index in [0.29, 0.717) is 11.7 Å². The quantitative estimate of drug-likeness (QED) is 0.323. The van der Waals surface area contributed by atoms with E-state index in [1.165, 1.54) is 30.9 Å². The van der Waals surface area contributed by atoms with E-state index < -0.39 is 5.97 Å². The average Bonchev–Trinajstić information content (AvgIpc) is 2.85. The molecule has 1 heterocycles. The molecule has 1 unspecified atom stereocenters. The number of carbonyl (C=O) groups excluding carboxylic acids is 1. The molecule has 0 spiro atoms. The van der Waals surface area contributed by atoms with E-state index in [9.17, 15) is 4.79 Å². The lowest BCUT2D eigenvalue weighted by Gasteiger charge is -2.27. The number of esters is 1. The fraction of sp³-hybridized carbons (Fsp3) is 0.259. The van der Waals surface area contributed by atoms with E-state index in [-0.39, 0.29) is 5.71 Å². The first-order chi connectivity index (χ1) is 16.2. The van der Waals surface area contributed by atoms with Crippen LogP contribution in [0.1, 0.15) is 28.7 Å². The van der Waals surface area contributed by atoms with Crippen molar-refractivity contribution in [2.45, 2.75) is 32.0 Å². The minimum atomic E-state index is -0.516. The van der Waals surface area contributed by atoms with Gasteiger partial charge in [-0.05, 0) is 42.2 Å². The van der Waals surface area contributed by atoms with Crippen molar-refractivity contribution < 1.29 is 23.8 Å². The van der Waals surface area contributed by atoms with Crippen LogP contribution < -0.4 is 9.47 Å². The van der Waals surface area contributed by atoms with Crippen LogP contribution >= 0.6 is 0 Å². The number of rotatable bonds is 5. The summed E-state index contributed by atoms with van der Waals surface area (Å²) in [5.41, 5.74) is 5.00. The van der Waals surface area contributed by atoms with Crippen LogP contribution in [0, 0.1) is 0 Å². The first-order valence-corrected chi connectivity index (χ1v) is 10.9. The van der Waals surface area contributed by atoms with Gasteiger partial charge in [-0.2, -0.15) is 0 Å². The molecule has 170 valence electrons. The average molecular weight is 446 g/mol. The molecule has 0 aromatic heterocycles. The van der Waals surface area contributed by atoms with Gasteiger partial charge < -0.3 is 19.0 Å². The second kappa shape index (κ2) is 10.7. The van der Waals surface area contributed by atoms with Crippen LogP contribution in [0.4, 0.5) is 0 Å². The predicted molar refractivity (Wildman–Crippen MR) is 126 cm³/mol. The number of benzene rings is 3. The number of methoxy groups -OCH3 is 1. The van der Waals surface area contributed by atoms with Gasteiger partial charge in [-0.15, -0.1) is 0 Å². The van der Waals surface area contributed by atoms with Crippen molar-refractivity contribution in [2.75, 3.05) is 14.2 Å². The number of hydrogen-bond acceptors (Lipinski definition) is 6. The van der Waals surface area contributed by atoms with Crippen LogP contribution in [-0.2, 0) is 33.8 Å². The maximum atomic E-state index is 11.3. The maximum Gasteiger partial charge on any atom is 0.360 e. The highest BCUT2D eigenvalue weighted by atomic mass is 16.6. The molecule has 1 aliphatic heterocycles. The molecule has 0 saturated carbocycles. The summed E-state index contributed by atoms with van der Waals surface area (Å²) in [5.74, 6) is 1.46. The van der Waals surface area contributed by atoms with Gasteiger partial charge in [0.25, 0.3) is 0 Å². The molecule has 0 saturated heterocycles.